The fourth-order valence-electron chi connectivity index (χ4n) is 1.56. The number of carboxylic acids is 1. The molecule has 2 unspecified atom stereocenters. The maximum atomic E-state index is 11.7. The molecular formula is C14H21NO5. The summed E-state index contributed by atoms with van der Waals surface area (Å²) in [5, 5.41) is 11.5. The van der Waals surface area contributed by atoms with Crippen LogP contribution in [0, 0.1) is 11.8 Å². The van der Waals surface area contributed by atoms with Crippen molar-refractivity contribution < 1.29 is 23.8 Å². The molecule has 1 rings (SSSR count). The van der Waals surface area contributed by atoms with Crippen molar-refractivity contribution in [3.05, 3.63) is 24.2 Å². The molecule has 2 N–H and O–H groups in total. The Balaban J connectivity index is 2.08. The summed E-state index contributed by atoms with van der Waals surface area (Å²) in [7, 11) is 0. The van der Waals surface area contributed by atoms with E-state index in [1.54, 1.807) is 19.3 Å². The highest BCUT2D eigenvalue weighted by molar-refractivity contribution is 5.84. The van der Waals surface area contributed by atoms with Gasteiger partial charge in [0.1, 0.15) is 12.4 Å². The number of hydrogen-bond donors (Lipinski definition) is 2. The maximum Gasteiger partial charge on any atom is 0.307 e. The predicted octanol–water partition coefficient (Wildman–Crippen LogP) is 1.66. The maximum absolute atomic E-state index is 11.7. The predicted molar refractivity (Wildman–Crippen MR) is 72.0 cm³/mol. The number of rotatable bonds is 9. The van der Waals surface area contributed by atoms with Crippen molar-refractivity contribution in [2.24, 2.45) is 11.8 Å². The monoisotopic (exact) mass is 283 g/mol. The summed E-state index contributed by atoms with van der Waals surface area (Å²) in [5.41, 5.74) is 0. The second-order valence-corrected chi connectivity index (χ2v) is 4.69. The topological polar surface area (TPSA) is 88.8 Å². The largest absolute Gasteiger partial charge is 0.481 e. The molecule has 6 nitrogen and oxygen atoms in total. The van der Waals surface area contributed by atoms with E-state index in [0.29, 0.717) is 26.2 Å². The van der Waals surface area contributed by atoms with Gasteiger partial charge in [-0.2, -0.15) is 0 Å². The highest BCUT2D eigenvalue weighted by Crippen LogP contribution is 2.10. The van der Waals surface area contributed by atoms with Gasteiger partial charge < -0.3 is 19.6 Å². The van der Waals surface area contributed by atoms with Crippen LogP contribution in [0.5, 0.6) is 0 Å². The number of amides is 1. The number of ether oxygens (including phenoxy) is 1. The summed E-state index contributed by atoms with van der Waals surface area (Å²) in [6.45, 7) is 4.52. The van der Waals surface area contributed by atoms with Gasteiger partial charge in [-0.1, -0.05) is 13.8 Å². The molecule has 0 bridgehead atoms. The number of furan rings is 1. The number of carbonyl (C=O) groups excluding carboxylic acids is 1. The summed E-state index contributed by atoms with van der Waals surface area (Å²) in [5.74, 6) is -1.68. The van der Waals surface area contributed by atoms with Gasteiger partial charge in [-0.15, -0.1) is 0 Å². The SMILES string of the molecule is CC(C(=O)O)C(C)C(=O)NCCCOCc1ccco1. The minimum absolute atomic E-state index is 0.245. The van der Waals surface area contributed by atoms with Gasteiger partial charge in [0.2, 0.25) is 5.91 Å². The summed E-state index contributed by atoms with van der Waals surface area (Å²) in [6, 6.07) is 3.63. The molecule has 0 aromatic carbocycles. The lowest BCUT2D eigenvalue weighted by Gasteiger charge is -2.15. The van der Waals surface area contributed by atoms with E-state index in [-0.39, 0.29) is 5.91 Å². The quantitative estimate of drug-likeness (QED) is 0.673. The van der Waals surface area contributed by atoms with Gasteiger partial charge in [0.05, 0.1) is 12.2 Å². The van der Waals surface area contributed by atoms with Crippen LogP contribution in [-0.2, 0) is 20.9 Å². The van der Waals surface area contributed by atoms with Crippen LogP contribution in [0.15, 0.2) is 22.8 Å². The molecule has 0 aliphatic rings. The first-order valence-electron chi connectivity index (χ1n) is 6.63. The van der Waals surface area contributed by atoms with E-state index >= 15 is 0 Å². The van der Waals surface area contributed by atoms with Crippen LogP contribution in [0.1, 0.15) is 26.0 Å². The molecule has 1 heterocycles. The third-order valence-electron chi connectivity index (χ3n) is 3.14. The van der Waals surface area contributed by atoms with Gasteiger partial charge >= 0.3 is 5.97 Å². The van der Waals surface area contributed by atoms with Crippen LogP contribution >= 0.6 is 0 Å². The molecule has 6 heteroatoms. The average molecular weight is 283 g/mol. The van der Waals surface area contributed by atoms with Crippen molar-refractivity contribution in [2.75, 3.05) is 13.2 Å². The molecular weight excluding hydrogens is 262 g/mol. The van der Waals surface area contributed by atoms with Gasteiger partial charge in [0, 0.05) is 19.1 Å². The highest BCUT2D eigenvalue weighted by Gasteiger charge is 2.25. The van der Waals surface area contributed by atoms with Crippen LogP contribution in [0.25, 0.3) is 0 Å². The molecule has 1 amide bonds. The number of nitrogens with one attached hydrogen (secondary N) is 1. The summed E-state index contributed by atoms with van der Waals surface area (Å²) in [6.07, 6.45) is 2.25. The molecule has 0 saturated carbocycles. The molecule has 0 fully saturated rings. The minimum Gasteiger partial charge on any atom is -0.481 e. The fourth-order valence-corrected chi connectivity index (χ4v) is 1.56. The second kappa shape index (κ2) is 8.37. The number of aliphatic carboxylic acids is 1. The van der Waals surface area contributed by atoms with Crippen LogP contribution in [0.4, 0.5) is 0 Å². The molecule has 0 aliphatic heterocycles. The van der Waals surface area contributed by atoms with E-state index < -0.39 is 17.8 Å². The van der Waals surface area contributed by atoms with Crippen molar-refractivity contribution in [2.45, 2.75) is 26.9 Å². The fraction of sp³-hybridized carbons (Fsp3) is 0.571. The minimum atomic E-state index is -0.963. The molecule has 1 aromatic heterocycles. The Hall–Kier alpha value is -1.82. The van der Waals surface area contributed by atoms with E-state index in [1.807, 2.05) is 6.07 Å². The van der Waals surface area contributed by atoms with Gasteiger partial charge in [-0.25, -0.2) is 0 Å². The normalized spacial score (nSPS) is 13.7. The molecule has 0 aliphatic carbocycles. The summed E-state index contributed by atoms with van der Waals surface area (Å²) < 4.78 is 10.5. The van der Waals surface area contributed by atoms with Gasteiger partial charge in [-0.3, -0.25) is 9.59 Å². The Morgan fingerprint density at radius 3 is 2.75 bits per heavy atom. The third kappa shape index (κ3) is 5.44. The summed E-state index contributed by atoms with van der Waals surface area (Å²) >= 11 is 0. The van der Waals surface area contributed by atoms with E-state index in [4.69, 9.17) is 14.3 Å². The first kappa shape index (κ1) is 16.2. The Labute approximate surface area is 118 Å². The lowest BCUT2D eigenvalue weighted by molar-refractivity contribution is -0.146. The summed E-state index contributed by atoms with van der Waals surface area (Å²) in [4.78, 5) is 22.4. The molecule has 0 spiro atoms. The van der Waals surface area contributed by atoms with E-state index in [0.717, 1.165) is 5.76 Å². The van der Waals surface area contributed by atoms with Crippen LogP contribution < -0.4 is 5.32 Å². The zero-order valence-electron chi connectivity index (χ0n) is 11.8. The van der Waals surface area contributed by atoms with E-state index in [2.05, 4.69) is 5.32 Å². The third-order valence-corrected chi connectivity index (χ3v) is 3.14. The molecule has 20 heavy (non-hydrogen) atoms. The lowest BCUT2D eigenvalue weighted by atomic mass is 9.95. The molecule has 0 radical (unpaired) electrons. The zero-order valence-corrected chi connectivity index (χ0v) is 11.8. The van der Waals surface area contributed by atoms with Crippen LogP contribution in [0.3, 0.4) is 0 Å². The zero-order chi connectivity index (χ0) is 15.0. The average Bonchev–Trinajstić information content (AvgIpc) is 2.93. The van der Waals surface area contributed by atoms with Gasteiger partial charge in [0.15, 0.2) is 0 Å². The van der Waals surface area contributed by atoms with Crippen molar-refractivity contribution >= 4 is 11.9 Å². The first-order chi connectivity index (χ1) is 9.52. The Bertz CT molecular complexity index is 415. The standard InChI is InChI=1S/C14H21NO5/c1-10(11(2)14(17)18)13(16)15-6-4-7-19-9-12-5-3-8-20-12/h3,5,8,10-11H,4,6-7,9H2,1-2H3,(H,15,16)(H,17,18). The Morgan fingerprint density at radius 1 is 1.40 bits per heavy atom. The Kier molecular flexibility index (Phi) is 6.79. The second-order valence-electron chi connectivity index (χ2n) is 4.69. The molecule has 0 saturated heterocycles. The Morgan fingerprint density at radius 2 is 2.15 bits per heavy atom. The molecule has 112 valence electrons. The van der Waals surface area contributed by atoms with E-state index in [9.17, 15) is 9.59 Å². The van der Waals surface area contributed by atoms with Crippen LogP contribution in [0.2, 0.25) is 0 Å². The van der Waals surface area contributed by atoms with E-state index in [1.165, 1.54) is 6.92 Å². The van der Waals surface area contributed by atoms with Crippen molar-refractivity contribution in [3.63, 3.8) is 0 Å². The van der Waals surface area contributed by atoms with Gasteiger partial charge in [-0.05, 0) is 18.6 Å². The van der Waals surface area contributed by atoms with Crippen molar-refractivity contribution in [3.8, 4) is 0 Å². The number of hydrogen-bond acceptors (Lipinski definition) is 4. The highest BCUT2D eigenvalue weighted by atomic mass is 16.5. The van der Waals surface area contributed by atoms with Crippen molar-refractivity contribution in [1.29, 1.82) is 0 Å². The smallest absolute Gasteiger partial charge is 0.307 e. The number of carboxylic acid groups (broad SMARTS) is 1. The molecule has 1 aromatic rings. The molecule has 2 atom stereocenters. The van der Waals surface area contributed by atoms with Gasteiger partial charge in [0.25, 0.3) is 0 Å². The number of carbonyl (C=O) groups is 2. The van der Waals surface area contributed by atoms with Crippen LogP contribution in [-0.4, -0.2) is 30.1 Å². The van der Waals surface area contributed by atoms with Crippen molar-refractivity contribution in [1.82, 2.24) is 5.32 Å². The lowest BCUT2D eigenvalue weighted by Crippen LogP contribution is -2.35. The first-order valence-corrected chi connectivity index (χ1v) is 6.63.